The van der Waals surface area contributed by atoms with Crippen LogP contribution in [-0.4, -0.2) is 23.5 Å². The van der Waals surface area contributed by atoms with Gasteiger partial charge in [0.1, 0.15) is 5.54 Å². The number of nitrogens with zero attached hydrogens (tertiary/aromatic N) is 2. The van der Waals surface area contributed by atoms with Gasteiger partial charge in [0.25, 0.3) is 0 Å². The van der Waals surface area contributed by atoms with Crippen molar-refractivity contribution in [1.82, 2.24) is 4.90 Å². The van der Waals surface area contributed by atoms with Gasteiger partial charge in [-0.1, -0.05) is 24.3 Å². The normalized spacial score (nSPS) is 36.4. The Bertz CT molecular complexity index is 518. The lowest BCUT2D eigenvalue weighted by Crippen LogP contribution is -2.53. The lowest BCUT2D eigenvalue weighted by Gasteiger charge is -2.40. The highest BCUT2D eigenvalue weighted by Crippen LogP contribution is 2.50. The number of rotatable bonds is 1. The van der Waals surface area contributed by atoms with Crippen molar-refractivity contribution in [2.45, 2.75) is 44.1 Å². The molecule has 4 rings (SSSR count). The molecule has 0 amide bonds. The topological polar surface area (TPSA) is 27.0 Å². The molecular weight excluding hydrogens is 244 g/mol. The number of nitriles is 1. The summed E-state index contributed by atoms with van der Waals surface area (Å²) in [6.07, 6.45) is 7.24. The molecule has 1 aliphatic heterocycles. The van der Waals surface area contributed by atoms with Gasteiger partial charge in [-0.25, -0.2) is 0 Å². The third-order valence-electron chi connectivity index (χ3n) is 5.97. The first kappa shape index (κ1) is 12.4. The smallest absolute Gasteiger partial charge is 0.115 e. The Kier molecular flexibility index (Phi) is 2.86. The van der Waals surface area contributed by atoms with Crippen LogP contribution in [0.4, 0.5) is 0 Å². The van der Waals surface area contributed by atoms with Crippen LogP contribution in [0.25, 0.3) is 0 Å². The number of fused-ring (bicyclic) bond motifs is 3. The predicted octanol–water partition coefficient (Wildman–Crippen LogP) is 3.17. The lowest BCUT2D eigenvalue weighted by molar-refractivity contribution is 0.0902. The van der Waals surface area contributed by atoms with Crippen molar-refractivity contribution in [2.24, 2.45) is 11.8 Å². The van der Waals surface area contributed by atoms with Crippen molar-refractivity contribution in [1.29, 1.82) is 5.26 Å². The summed E-state index contributed by atoms with van der Waals surface area (Å²) in [5.41, 5.74) is 2.83. The van der Waals surface area contributed by atoms with Crippen molar-refractivity contribution in [3.8, 4) is 6.07 Å². The first-order valence-corrected chi connectivity index (χ1v) is 8.07. The fourth-order valence-electron chi connectivity index (χ4n) is 5.03. The molecule has 3 aliphatic rings. The summed E-state index contributed by atoms with van der Waals surface area (Å²) in [4.78, 5) is 2.54. The molecule has 2 nitrogen and oxygen atoms in total. The van der Waals surface area contributed by atoms with Crippen molar-refractivity contribution < 1.29 is 0 Å². The third kappa shape index (κ3) is 1.59. The maximum atomic E-state index is 10.1. The summed E-state index contributed by atoms with van der Waals surface area (Å²) in [6.45, 7) is 2.27. The molecule has 0 spiro atoms. The number of hydrogen-bond donors (Lipinski definition) is 0. The quantitative estimate of drug-likeness (QED) is 0.780. The molecule has 2 atom stereocenters. The van der Waals surface area contributed by atoms with Crippen LogP contribution in [0.1, 0.15) is 36.8 Å². The predicted molar refractivity (Wildman–Crippen MR) is 79.2 cm³/mol. The van der Waals surface area contributed by atoms with Crippen LogP contribution in [0, 0.1) is 23.2 Å². The average molecular weight is 266 g/mol. The van der Waals surface area contributed by atoms with E-state index in [0.717, 1.165) is 25.9 Å². The number of likely N-dealkylation sites (tertiary alicyclic amines) is 1. The van der Waals surface area contributed by atoms with E-state index >= 15 is 0 Å². The van der Waals surface area contributed by atoms with Gasteiger partial charge < -0.3 is 0 Å². The highest BCUT2D eigenvalue weighted by Gasteiger charge is 2.55. The van der Waals surface area contributed by atoms with Crippen LogP contribution in [0.2, 0.25) is 0 Å². The highest BCUT2D eigenvalue weighted by atomic mass is 15.2. The Morgan fingerprint density at radius 3 is 2.05 bits per heavy atom. The Morgan fingerprint density at radius 2 is 1.55 bits per heavy atom. The van der Waals surface area contributed by atoms with E-state index in [0.29, 0.717) is 11.8 Å². The first-order chi connectivity index (χ1) is 9.84. The molecule has 2 unspecified atom stereocenters. The second-order valence-electron chi connectivity index (χ2n) is 6.78. The van der Waals surface area contributed by atoms with Crippen molar-refractivity contribution in [3.63, 3.8) is 0 Å². The zero-order valence-corrected chi connectivity index (χ0v) is 12.0. The van der Waals surface area contributed by atoms with E-state index in [-0.39, 0.29) is 5.54 Å². The zero-order valence-electron chi connectivity index (χ0n) is 12.0. The average Bonchev–Trinajstić information content (AvgIpc) is 3.05. The maximum Gasteiger partial charge on any atom is 0.115 e. The van der Waals surface area contributed by atoms with Crippen LogP contribution >= 0.6 is 0 Å². The third-order valence-corrected chi connectivity index (χ3v) is 5.97. The van der Waals surface area contributed by atoms with Gasteiger partial charge in [0.05, 0.1) is 6.07 Å². The molecule has 0 N–H and O–H groups in total. The van der Waals surface area contributed by atoms with Gasteiger partial charge in [0, 0.05) is 0 Å². The molecule has 0 aromatic heterocycles. The minimum atomic E-state index is -0.171. The van der Waals surface area contributed by atoms with Gasteiger partial charge in [-0.15, -0.1) is 0 Å². The summed E-state index contributed by atoms with van der Waals surface area (Å²) < 4.78 is 0. The molecule has 2 aliphatic carbocycles. The number of benzene rings is 1. The lowest BCUT2D eigenvalue weighted by atomic mass is 9.78. The largest absolute Gasteiger partial charge is 0.285 e. The van der Waals surface area contributed by atoms with Crippen molar-refractivity contribution in [3.05, 3.63) is 35.4 Å². The summed E-state index contributed by atoms with van der Waals surface area (Å²) >= 11 is 0. The van der Waals surface area contributed by atoms with Crippen molar-refractivity contribution >= 4 is 0 Å². The van der Waals surface area contributed by atoms with Gasteiger partial charge in [-0.05, 0) is 74.6 Å². The molecule has 2 bridgehead atoms. The summed E-state index contributed by atoms with van der Waals surface area (Å²) in [5, 5.41) is 10.1. The Balaban J connectivity index is 1.78. The van der Waals surface area contributed by atoms with E-state index in [1.807, 2.05) is 0 Å². The van der Waals surface area contributed by atoms with E-state index in [2.05, 4.69) is 35.2 Å². The number of hydrogen-bond acceptors (Lipinski definition) is 2. The second kappa shape index (κ2) is 4.60. The molecule has 2 fully saturated rings. The SMILES string of the molecule is N#CC1(N2CCCC2)C2CCC1Cc1ccccc1C2. The minimum absolute atomic E-state index is 0.171. The Hall–Kier alpha value is -1.33. The highest BCUT2D eigenvalue weighted by molar-refractivity contribution is 5.35. The van der Waals surface area contributed by atoms with E-state index in [9.17, 15) is 5.26 Å². The molecular formula is C18H22N2. The maximum absolute atomic E-state index is 10.1. The van der Waals surface area contributed by atoms with E-state index < -0.39 is 0 Å². The Morgan fingerprint density at radius 1 is 1.00 bits per heavy atom. The molecule has 104 valence electrons. The van der Waals surface area contributed by atoms with Gasteiger partial charge in [0.2, 0.25) is 0 Å². The van der Waals surface area contributed by atoms with Crippen LogP contribution in [0.3, 0.4) is 0 Å². The summed E-state index contributed by atoms with van der Waals surface area (Å²) in [7, 11) is 0. The van der Waals surface area contributed by atoms with Crippen LogP contribution in [-0.2, 0) is 12.8 Å². The second-order valence-corrected chi connectivity index (χ2v) is 6.78. The molecule has 1 aromatic carbocycles. The monoisotopic (exact) mass is 266 g/mol. The van der Waals surface area contributed by atoms with Crippen molar-refractivity contribution in [2.75, 3.05) is 13.1 Å². The molecule has 0 radical (unpaired) electrons. The van der Waals surface area contributed by atoms with Gasteiger partial charge in [0.15, 0.2) is 0 Å². The van der Waals surface area contributed by atoms with E-state index in [1.165, 1.54) is 36.8 Å². The molecule has 1 saturated heterocycles. The first-order valence-electron chi connectivity index (χ1n) is 8.07. The Labute approximate surface area is 121 Å². The minimum Gasteiger partial charge on any atom is -0.285 e. The van der Waals surface area contributed by atoms with Gasteiger partial charge >= 0.3 is 0 Å². The van der Waals surface area contributed by atoms with Crippen LogP contribution in [0.15, 0.2) is 24.3 Å². The molecule has 1 heterocycles. The van der Waals surface area contributed by atoms with E-state index in [1.54, 1.807) is 0 Å². The fourth-order valence-corrected chi connectivity index (χ4v) is 5.03. The standard InChI is InChI=1S/C18H22N2/c19-13-18(20-9-3-4-10-20)16-7-8-17(18)12-15-6-2-1-5-14(15)11-16/h1-2,5-6,16-17H,3-4,7-12H2. The fraction of sp³-hybridized carbons (Fsp3) is 0.611. The molecule has 2 heteroatoms. The van der Waals surface area contributed by atoms with Gasteiger partial charge in [-0.3, -0.25) is 4.90 Å². The summed E-state index contributed by atoms with van der Waals surface area (Å²) in [5.74, 6) is 1.08. The summed E-state index contributed by atoms with van der Waals surface area (Å²) in [6, 6.07) is 11.7. The van der Waals surface area contributed by atoms with Crippen LogP contribution in [0.5, 0.6) is 0 Å². The van der Waals surface area contributed by atoms with Crippen LogP contribution < -0.4 is 0 Å². The van der Waals surface area contributed by atoms with E-state index in [4.69, 9.17) is 0 Å². The molecule has 20 heavy (non-hydrogen) atoms. The zero-order chi connectivity index (χ0) is 13.6. The molecule has 1 aromatic rings. The van der Waals surface area contributed by atoms with Gasteiger partial charge in [-0.2, -0.15) is 5.26 Å². The molecule has 1 saturated carbocycles.